The Morgan fingerprint density at radius 2 is 1.96 bits per heavy atom. The summed E-state index contributed by atoms with van der Waals surface area (Å²) >= 11 is 0. The van der Waals surface area contributed by atoms with E-state index in [2.05, 4.69) is 4.98 Å². The molecule has 0 N–H and O–H groups in total. The summed E-state index contributed by atoms with van der Waals surface area (Å²) in [5.74, 6) is -0.455. The average molecular weight is 349 g/mol. The van der Waals surface area contributed by atoms with Gasteiger partial charge in [-0.25, -0.2) is 9.78 Å². The van der Waals surface area contributed by atoms with Crippen molar-refractivity contribution in [3.8, 4) is 11.8 Å². The van der Waals surface area contributed by atoms with Crippen molar-refractivity contribution in [2.45, 2.75) is 6.92 Å². The van der Waals surface area contributed by atoms with Crippen LogP contribution in [0.4, 0.5) is 0 Å². The van der Waals surface area contributed by atoms with Gasteiger partial charge in [0, 0.05) is 11.8 Å². The third kappa shape index (κ3) is 3.00. The number of carbonyl (C=O) groups is 2. The Hall–Kier alpha value is -3.66. The van der Waals surface area contributed by atoms with E-state index >= 15 is 0 Å². The molecule has 0 unspecified atom stereocenters. The molecule has 0 aliphatic rings. The van der Waals surface area contributed by atoms with Gasteiger partial charge in [0.05, 0.1) is 25.3 Å². The molecule has 2 heterocycles. The van der Waals surface area contributed by atoms with E-state index in [9.17, 15) is 9.59 Å². The molecule has 0 radical (unpaired) electrons. The number of benzene rings is 1. The number of methoxy groups -OCH3 is 1. The number of ether oxygens (including phenoxy) is 2. The maximum atomic E-state index is 13.0. The van der Waals surface area contributed by atoms with Gasteiger partial charge in [0.2, 0.25) is 5.78 Å². The lowest BCUT2D eigenvalue weighted by Crippen LogP contribution is -2.14. The molecule has 0 bridgehead atoms. The third-order valence-corrected chi connectivity index (χ3v) is 3.79. The lowest BCUT2D eigenvalue weighted by molar-refractivity contribution is 0.0517. The molecule has 7 heteroatoms. The number of esters is 1. The molecular formula is C19H15N3O4. The van der Waals surface area contributed by atoms with E-state index in [0.29, 0.717) is 22.5 Å². The van der Waals surface area contributed by atoms with Crippen molar-refractivity contribution in [2.75, 3.05) is 13.7 Å². The quantitative estimate of drug-likeness (QED) is 0.519. The summed E-state index contributed by atoms with van der Waals surface area (Å²) in [6.45, 7) is 1.83. The van der Waals surface area contributed by atoms with Crippen molar-refractivity contribution in [1.82, 2.24) is 9.38 Å². The first-order valence-electron chi connectivity index (χ1n) is 7.87. The number of pyridine rings is 1. The zero-order chi connectivity index (χ0) is 18.7. The van der Waals surface area contributed by atoms with Gasteiger partial charge < -0.3 is 9.47 Å². The summed E-state index contributed by atoms with van der Waals surface area (Å²) in [5, 5.41) is 9.05. The van der Waals surface area contributed by atoms with Gasteiger partial charge in [-0.3, -0.25) is 9.20 Å². The molecular weight excluding hydrogens is 334 g/mol. The topological polar surface area (TPSA) is 93.7 Å². The van der Waals surface area contributed by atoms with Crippen molar-refractivity contribution < 1.29 is 19.1 Å². The van der Waals surface area contributed by atoms with E-state index in [-0.39, 0.29) is 23.8 Å². The number of ketones is 1. The maximum absolute atomic E-state index is 13.0. The van der Waals surface area contributed by atoms with Gasteiger partial charge in [0.15, 0.2) is 5.69 Å². The summed E-state index contributed by atoms with van der Waals surface area (Å²) in [6.07, 6.45) is 1.54. The second-order valence-electron chi connectivity index (χ2n) is 5.34. The van der Waals surface area contributed by atoms with Crippen LogP contribution in [0.15, 0.2) is 42.6 Å². The highest BCUT2D eigenvalue weighted by atomic mass is 16.5. The molecule has 3 rings (SSSR count). The first-order valence-corrected chi connectivity index (χ1v) is 7.87. The first-order chi connectivity index (χ1) is 12.6. The van der Waals surface area contributed by atoms with Crippen molar-refractivity contribution >= 4 is 17.4 Å². The minimum atomic E-state index is -0.688. The summed E-state index contributed by atoms with van der Waals surface area (Å²) in [5.41, 5.74) is 1.09. The number of fused-ring (bicyclic) bond motifs is 1. The number of carbonyl (C=O) groups excluding carboxylic acids is 2. The van der Waals surface area contributed by atoms with Gasteiger partial charge in [-0.2, -0.15) is 5.26 Å². The number of hydrogen-bond donors (Lipinski definition) is 0. The smallest absolute Gasteiger partial charge is 0.359 e. The van der Waals surface area contributed by atoms with Crippen LogP contribution in [0.1, 0.15) is 39.0 Å². The third-order valence-electron chi connectivity index (χ3n) is 3.79. The molecule has 0 fully saturated rings. The predicted molar refractivity (Wildman–Crippen MR) is 92.3 cm³/mol. The monoisotopic (exact) mass is 349 g/mol. The fourth-order valence-electron chi connectivity index (χ4n) is 2.55. The Morgan fingerprint density at radius 3 is 2.58 bits per heavy atom. The van der Waals surface area contributed by atoms with Gasteiger partial charge in [0.1, 0.15) is 17.1 Å². The van der Waals surface area contributed by atoms with Crippen molar-refractivity contribution in [2.24, 2.45) is 0 Å². The van der Waals surface area contributed by atoms with Gasteiger partial charge in [-0.15, -0.1) is 0 Å². The lowest BCUT2D eigenvalue weighted by Gasteiger charge is -2.06. The summed E-state index contributed by atoms with van der Waals surface area (Å²) in [6, 6.07) is 11.6. The van der Waals surface area contributed by atoms with Gasteiger partial charge >= 0.3 is 5.97 Å². The fraction of sp³-hybridized carbons (Fsp3) is 0.158. The minimum Gasteiger partial charge on any atom is -0.497 e. The lowest BCUT2D eigenvalue weighted by atomic mass is 10.1. The number of aromatic nitrogens is 2. The van der Waals surface area contributed by atoms with Gasteiger partial charge in [-0.1, -0.05) is 0 Å². The maximum Gasteiger partial charge on any atom is 0.359 e. The Bertz CT molecular complexity index is 1030. The average Bonchev–Trinajstić information content (AvgIpc) is 3.06. The zero-order valence-corrected chi connectivity index (χ0v) is 14.2. The van der Waals surface area contributed by atoms with E-state index in [1.54, 1.807) is 43.5 Å². The minimum absolute atomic E-state index is 0.0808. The van der Waals surface area contributed by atoms with Gasteiger partial charge in [0.25, 0.3) is 0 Å². The van der Waals surface area contributed by atoms with Crippen LogP contribution in [0.25, 0.3) is 5.65 Å². The number of imidazole rings is 1. The zero-order valence-electron chi connectivity index (χ0n) is 14.2. The predicted octanol–water partition coefficient (Wildman–Crippen LogP) is 2.62. The Morgan fingerprint density at radius 1 is 1.23 bits per heavy atom. The van der Waals surface area contributed by atoms with Crippen LogP contribution in [-0.2, 0) is 4.74 Å². The molecule has 7 nitrogen and oxygen atoms in total. The van der Waals surface area contributed by atoms with Gasteiger partial charge in [-0.05, 0) is 43.3 Å². The van der Waals surface area contributed by atoms with Crippen LogP contribution in [0.3, 0.4) is 0 Å². The summed E-state index contributed by atoms with van der Waals surface area (Å²) in [7, 11) is 1.53. The van der Waals surface area contributed by atoms with E-state index in [0.717, 1.165) is 0 Å². The standard InChI is InChI=1S/C19H15N3O4/c1-3-26-19(24)16-17(18(23)13-4-6-14(25-2)7-5-13)22-9-8-12(11-20)10-15(22)21-16/h4-10H,3H2,1-2H3. The van der Waals surface area contributed by atoms with Crippen LogP contribution in [0.5, 0.6) is 5.75 Å². The summed E-state index contributed by atoms with van der Waals surface area (Å²) < 4.78 is 11.6. The highest BCUT2D eigenvalue weighted by molar-refractivity contribution is 6.13. The van der Waals surface area contributed by atoms with E-state index in [1.165, 1.54) is 17.6 Å². The van der Waals surface area contributed by atoms with Crippen LogP contribution in [0, 0.1) is 11.3 Å². The largest absolute Gasteiger partial charge is 0.497 e. The molecule has 0 saturated heterocycles. The van der Waals surface area contributed by atoms with Crippen LogP contribution < -0.4 is 4.74 Å². The van der Waals surface area contributed by atoms with Crippen LogP contribution in [-0.4, -0.2) is 34.9 Å². The highest BCUT2D eigenvalue weighted by Crippen LogP contribution is 2.21. The van der Waals surface area contributed by atoms with E-state index in [1.807, 2.05) is 6.07 Å². The van der Waals surface area contributed by atoms with Crippen molar-refractivity contribution in [1.29, 1.82) is 5.26 Å². The molecule has 0 aliphatic carbocycles. The number of rotatable bonds is 5. The van der Waals surface area contributed by atoms with Crippen molar-refractivity contribution in [3.05, 3.63) is 65.1 Å². The number of nitrogens with zero attached hydrogens (tertiary/aromatic N) is 3. The molecule has 0 spiro atoms. The van der Waals surface area contributed by atoms with E-state index < -0.39 is 5.97 Å². The molecule has 0 aliphatic heterocycles. The summed E-state index contributed by atoms with van der Waals surface area (Å²) in [4.78, 5) is 29.5. The molecule has 0 amide bonds. The Balaban J connectivity index is 2.17. The molecule has 0 atom stereocenters. The Kier molecular flexibility index (Phi) is 4.67. The van der Waals surface area contributed by atoms with Crippen LogP contribution >= 0.6 is 0 Å². The number of nitriles is 1. The molecule has 3 aromatic rings. The molecule has 1 aromatic carbocycles. The molecule has 2 aromatic heterocycles. The number of hydrogen-bond acceptors (Lipinski definition) is 6. The molecule has 130 valence electrons. The first kappa shape index (κ1) is 17.2. The second kappa shape index (κ2) is 7.07. The van der Waals surface area contributed by atoms with Crippen molar-refractivity contribution in [3.63, 3.8) is 0 Å². The van der Waals surface area contributed by atoms with E-state index in [4.69, 9.17) is 14.7 Å². The van der Waals surface area contributed by atoms with Crippen LogP contribution in [0.2, 0.25) is 0 Å². The molecule has 26 heavy (non-hydrogen) atoms. The second-order valence-corrected chi connectivity index (χ2v) is 5.34. The Labute approximate surface area is 149 Å². The normalized spacial score (nSPS) is 10.3. The highest BCUT2D eigenvalue weighted by Gasteiger charge is 2.26. The SMILES string of the molecule is CCOC(=O)c1nc2cc(C#N)ccn2c1C(=O)c1ccc(OC)cc1. The fourth-order valence-corrected chi connectivity index (χ4v) is 2.55. The molecule has 0 saturated carbocycles.